The Labute approximate surface area is 111 Å². The number of carbonyl (C=O) groups is 1. The van der Waals surface area contributed by atoms with Crippen LogP contribution in [-0.4, -0.2) is 5.78 Å². The number of rotatable bonds is 4. The van der Waals surface area contributed by atoms with Gasteiger partial charge in [0, 0.05) is 12.5 Å². The summed E-state index contributed by atoms with van der Waals surface area (Å²) in [6.45, 7) is 10.3. The molecule has 0 aliphatic carbocycles. The molecule has 1 rings (SSSR count). The lowest BCUT2D eigenvalue weighted by atomic mass is 9.84. The minimum absolute atomic E-state index is 0.0452. The molecule has 0 spiro atoms. The smallest absolute Gasteiger partial charge is 0.129 e. The Morgan fingerprint density at radius 1 is 1.33 bits per heavy atom. The molecule has 0 bridgehead atoms. The first-order chi connectivity index (χ1) is 8.21. The number of hydrogen-bond donors (Lipinski definition) is 1. The number of hydrogen-bond acceptors (Lipinski definition) is 2. The third-order valence-electron chi connectivity index (χ3n) is 3.35. The van der Waals surface area contributed by atoms with Gasteiger partial charge in [-0.3, -0.25) is 0 Å². The molecular formula is C16H25NO. The van der Waals surface area contributed by atoms with Gasteiger partial charge in [-0.1, -0.05) is 39.0 Å². The molecule has 2 N–H and O–H groups in total. The lowest BCUT2D eigenvalue weighted by Crippen LogP contribution is -2.16. The van der Waals surface area contributed by atoms with Crippen molar-refractivity contribution in [1.82, 2.24) is 0 Å². The Balaban J connectivity index is 2.97. The van der Waals surface area contributed by atoms with Gasteiger partial charge in [0.2, 0.25) is 0 Å². The van der Waals surface area contributed by atoms with E-state index in [-0.39, 0.29) is 17.2 Å². The first-order valence-corrected chi connectivity index (χ1v) is 6.58. The van der Waals surface area contributed by atoms with Gasteiger partial charge in [-0.2, -0.15) is 0 Å². The van der Waals surface area contributed by atoms with Crippen LogP contribution in [0.4, 0.5) is 0 Å². The second-order valence-corrected chi connectivity index (χ2v) is 6.17. The van der Waals surface area contributed by atoms with Crippen molar-refractivity contribution >= 4 is 5.78 Å². The first kappa shape index (κ1) is 14.9. The molecule has 1 atom stereocenters. The third-order valence-corrected chi connectivity index (χ3v) is 3.35. The number of aryl methyl sites for hydroxylation is 1. The van der Waals surface area contributed by atoms with Crippen LogP contribution in [-0.2, 0) is 10.2 Å². The van der Waals surface area contributed by atoms with Crippen molar-refractivity contribution in [2.75, 3.05) is 0 Å². The van der Waals surface area contributed by atoms with Crippen molar-refractivity contribution in [1.29, 1.82) is 0 Å². The quantitative estimate of drug-likeness (QED) is 0.882. The normalized spacial score (nSPS) is 13.4. The van der Waals surface area contributed by atoms with Crippen LogP contribution in [0.5, 0.6) is 0 Å². The Bertz CT molecular complexity index is 429. The van der Waals surface area contributed by atoms with Crippen molar-refractivity contribution in [2.45, 2.75) is 58.9 Å². The largest absolute Gasteiger partial charge is 0.324 e. The average Bonchev–Trinajstić information content (AvgIpc) is 2.24. The summed E-state index contributed by atoms with van der Waals surface area (Å²) in [4.78, 5) is 11.0. The van der Waals surface area contributed by atoms with Crippen molar-refractivity contribution < 1.29 is 4.79 Å². The van der Waals surface area contributed by atoms with Gasteiger partial charge in [0.25, 0.3) is 0 Å². The van der Waals surface area contributed by atoms with E-state index in [1.807, 2.05) is 0 Å². The molecule has 0 aliphatic rings. The number of benzene rings is 1. The van der Waals surface area contributed by atoms with Crippen LogP contribution in [0.15, 0.2) is 18.2 Å². The Morgan fingerprint density at radius 2 is 1.94 bits per heavy atom. The van der Waals surface area contributed by atoms with Crippen LogP contribution < -0.4 is 5.73 Å². The number of ketones is 1. The van der Waals surface area contributed by atoms with E-state index in [0.29, 0.717) is 6.42 Å². The van der Waals surface area contributed by atoms with Crippen LogP contribution in [0.2, 0.25) is 0 Å². The van der Waals surface area contributed by atoms with Gasteiger partial charge in [0.1, 0.15) is 5.78 Å². The molecule has 18 heavy (non-hydrogen) atoms. The monoisotopic (exact) mass is 247 g/mol. The van der Waals surface area contributed by atoms with E-state index in [9.17, 15) is 4.79 Å². The molecule has 0 radical (unpaired) electrons. The fourth-order valence-electron chi connectivity index (χ4n) is 2.02. The Kier molecular flexibility index (Phi) is 4.69. The average molecular weight is 247 g/mol. The zero-order valence-corrected chi connectivity index (χ0v) is 12.2. The van der Waals surface area contributed by atoms with Gasteiger partial charge in [0.05, 0.1) is 0 Å². The topological polar surface area (TPSA) is 43.1 Å². The van der Waals surface area contributed by atoms with E-state index in [1.165, 1.54) is 16.7 Å². The molecule has 1 aromatic carbocycles. The summed E-state index contributed by atoms with van der Waals surface area (Å²) < 4.78 is 0. The van der Waals surface area contributed by atoms with Gasteiger partial charge in [-0.05, 0) is 42.4 Å². The molecule has 0 fully saturated rings. The highest BCUT2D eigenvalue weighted by molar-refractivity contribution is 5.75. The van der Waals surface area contributed by atoms with Gasteiger partial charge >= 0.3 is 0 Å². The molecule has 0 amide bonds. The van der Waals surface area contributed by atoms with Gasteiger partial charge in [0.15, 0.2) is 0 Å². The minimum atomic E-state index is -0.0452. The summed E-state index contributed by atoms with van der Waals surface area (Å²) in [7, 11) is 0. The maximum Gasteiger partial charge on any atom is 0.129 e. The maximum atomic E-state index is 11.0. The maximum absolute atomic E-state index is 11.0. The molecule has 0 aromatic heterocycles. The molecular weight excluding hydrogens is 222 g/mol. The van der Waals surface area contributed by atoms with E-state index < -0.39 is 0 Å². The Morgan fingerprint density at radius 3 is 2.44 bits per heavy atom. The van der Waals surface area contributed by atoms with Crippen LogP contribution >= 0.6 is 0 Å². The summed E-state index contributed by atoms with van der Waals surface area (Å²) in [6.07, 6.45) is 1.28. The zero-order chi connectivity index (χ0) is 13.9. The van der Waals surface area contributed by atoms with Crippen LogP contribution in [0.3, 0.4) is 0 Å². The van der Waals surface area contributed by atoms with E-state index in [2.05, 4.69) is 45.9 Å². The molecule has 0 saturated carbocycles. The molecule has 2 nitrogen and oxygen atoms in total. The van der Waals surface area contributed by atoms with Crippen molar-refractivity contribution in [3.05, 3.63) is 34.9 Å². The molecule has 0 heterocycles. The summed E-state index contributed by atoms with van der Waals surface area (Å²) in [5.41, 5.74) is 10.0. The second kappa shape index (κ2) is 5.66. The minimum Gasteiger partial charge on any atom is -0.324 e. The highest BCUT2D eigenvalue weighted by Crippen LogP contribution is 2.28. The first-order valence-electron chi connectivity index (χ1n) is 6.58. The standard InChI is InChI=1S/C16H25NO/c1-11-6-8-13(16(3,4)5)10-14(11)15(17)9-7-12(2)18/h6,8,10,15H,7,9,17H2,1-5H3. The van der Waals surface area contributed by atoms with E-state index in [4.69, 9.17) is 5.73 Å². The molecule has 0 aliphatic heterocycles. The number of nitrogens with two attached hydrogens (primary N) is 1. The SMILES string of the molecule is CC(=O)CCC(N)c1cc(C(C)(C)C)ccc1C. The number of carbonyl (C=O) groups excluding carboxylic acids is 1. The molecule has 0 saturated heterocycles. The van der Waals surface area contributed by atoms with Crippen LogP contribution in [0, 0.1) is 6.92 Å². The van der Waals surface area contributed by atoms with Gasteiger partial charge in [-0.25, -0.2) is 0 Å². The Hall–Kier alpha value is -1.15. The summed E-state index contributed by atoms with van der Waals surface area (Å²) in [6, 6.07) is 6.44. The highest BCUT2D eigenvalue weighted by atomic mass is 16.1. The summed E-state index contributed by atoms with van der Waals surface area (Å²) in [5, 5.41) is 0. The van der Waals surface area contributed by atoms with Crippen molar-refractivity contribution in [3.8, 4) is 0 Å². The summed E-state index contributed by atoms with van der Waals surface area (Å²) in [5.74, 6) is 0.204. The second-order valence-electron chi connectivity index (χ2n) is 6.17. The van der Waals surface area contributed by atoms with E-state index in [0.717, 1.165) is 6.42 Å². The van der Waals surface area contributed by atoms with E-state index >= 15 is 0 Å². The predicted octanol–water partition coefficient (Wildman–Crippen LogP) is 3.66. The predicted molar refractivity (Wildman–Crippen MR) is 76.7 cm³/mol. The highest BCUT2D eigenvalue weighted by Gasteiger charge is 2.17. The van der Waals surface area contributed by atoms with Crippen molar-refractivity contribution in [3.63, 3.8) is 0 Å². The molecule has 1 aromatic rings. The van der Waals surface area contributed by atoms with Crippen LogP contribution in [0.1, 0.15) is 63.3 Å². The molecule has 2 heteroatoms. The van der Waals surface area contributed by atoms with E-state index in [1.54, 1.807) is 6.92 Å². The lowest BCUT2D eigenvalue weighted by Gasteiger charge is -2.23. The van der Waals surface area contributed by atoms with Gasteiger partial charge in [-0.15, -0.1) is 0 Å². The third kappa shape index (κ3) is 3.95. The fraction of sp³-hybridized carbons (Fsp3) is 0.562. The molecule has 100 valence electrons. The number of Topliss-reactive ketones (excluding diaryl/α,β-unsaturated/α-hetero) is 1. The van der Waals surface area contributed by atoms with Crippen LogP contribution in [0.25, 0.3) is 0 Å². The summed E-state index contributed by atoms with van der Waals surface area (Å²) >= 11 is 0. The lowest BCUT2D eigenvalue weighted by molar-refractivity contribution is -0.117. The van der Waals surface area contributed by atoms with Crippen molar-refractivity contribution in [2.24, 2.45) is 5.73 Å². The zero-order valence-electron chi connectivity index (χ0n) is 12.2. The fourth-order valence-corrected chi connectivity index (χ4v) is 2.02. The molecule has 1 unspecified atom stereocenters. The van der Waals surface area contributed by atoms with Gasteiger partial charge < -0.3 is 10.5 Å².